The van der Waals surface area contributed by atoms with Crippen LogP contribution in [0.4, 0.5) is 0 Å². The standard InChI is InChI=1S/C11H11.2ClH.Zr/c1-9-5-4-8-11(9)10-6-2-3-7-10;;;/h2-3,6,8H,4,7H2,1H3;2*1H;/q-1;;;. The molecule has 3 heteroatoms. The van der Waals surface area contributed by atoms with Crippen LogP contribution in [0.25, 0.3) is 0 Å². The Balaban J connectivity index is 0. The number of rotatable bonds is 1. The average Bonchev–Trinajstić information content (AvgIpc) is 2.55. The smallest absolute Gasteiger partial charge is 0 e. The van der Waals surface area contributed by atoms with Crippen molar-refractivity contribution in [2.75, 3.05) is 0 Å². The Morgan fingerprint density at radius 2 is 2.00 bits per heavy atom. The Morgan fingerprint density at radius 3 is 2.43 bits per heavy atom. The van der Waals surface area contributed by atoms with E-state index in [0.717, 1.165) is 12.8 Å². The third kappa shape index (κ3) is 3.53. The zero-order chi connectivity index (χ0) is 7.68. The molecule has 0 amide bonds. The summed E-state index contributed by atoms with van der Waals surface area (Å²) in [6.45, 7) is 2.14. The monoisotopic (exact) mass is 305 g/mol. The van der Waals surface area contributed by atoms with Crippen LogP contribution in [-0.2, 0) is 26.2 Å². The third-order valence-electron chi connectivity index (χ3n) is 2.19. The molecule has 0 fully saturated rings. The van der Waals surface area contributed by atoms with E-state index >= 15 is 0 Å². The van der Waals surface area contributed by atoms with Crippen molar-refractivity contribution in [3.63, 3.8) is 0 Å². The summed E-state index contributed by atoms with van der Waals surface area (Å²) < 4.78 is 0. The van der Waals surface area contributed by atoms with Gasteiger partial charge in [0, 0.05) is 26.2 Å². The average molecular weight is 307 g/mol. The molecule has 0 aromatic carbocycles. The Kier molecular flexibility index (Phi) is 9.24. The molecule has 0 nitrogen and oxygen atoms in total. The van der Waals surface area contributed by atoms with Gasteiger partial charge in [0.05, 0.1) is 0 Å². The molecule has 0 N–H and O–H groups in total. The summed E-state index contributed by atoms with van der Waals surface area (Å²) in [6, 6.07) is 0. The second-order valence-electron chi connectivity index (χ2n) is 2.95. The van der Waals surface area contributed by atoms with Gasteiger partial charge in [-0.1, -0.05) is 25.2 Å². The van der Waals surface area contributed by atoms with Gasteiger partial charge in [0.1, 0.15) is 0 Å². The molecule has 0 saturated heterocycles. The molecule has 0 unspecified atom stereocenters. The predicted molar refractivity (Wildman–Crippen MR) is 61.5 cm³/mol. The minimum atomic E-state index is 0. The minimum Gasteiger partial charge on any atom is -0.269 e. The van der Waals surface area contributed by atoms with E-state index in [9.17, 15) is 0 Å². The van der Waals surface area contributed by atoms with Gasteiger partial charge in [-0.3, -0.25) is 6.08 Å². The maximum atomic E-state index is 3.30. The quantitative estimate of drug-likeness (QED) is 0.647. The first kappa shape index (κ1) is 16.8. The predicted octanol–water partition coefficient (Wildman–Crippen LogP) is 3.79. The van der Waals surface area contributed by atoms with Crippen molar-refractivity contribution in [3.05, 3.63) is 47.1 Å². The second kappa shape index (κ2) is 7.68. The number of halogens is 2. The van der Waals surface area contributed by atoms with E-state index < -0.39 is 0 Å². The van der Waals surface area contributed by atoms with E-state index in [4.69, 9.17) is 0 Å². The first-order chi connectivity index (χ1) is 5.38. The molecule has 0 aliphatic heterocycles. The molecule has 14 heavy (non-hydrogen) atoms. The maximum absolute atomic E-state index is 3.30. The van der Waals surface area contributed by atoms with Gasteiger partial charge in [-0.15, -0.1) is 36.8 Å². The van der Waals surface area contributed by atoms with Gasteiger partial charge < -0.3 is 0 Å². The van der Waals surface area contributed by atoms with Crippen LogP contribution in [0.2, 0.25) is 0 Å². The Hall–Kier alpha value is 0.423. The van der Waals surface area contributed by atoms with Crippen molar-refractivity contribution in [1.82, 2.24) is 0 Å². The van der Waals surface area contributed by atoms with Crippen LogP contribution < -0.4 is 0 Å². The first-order valence-corrected chi connectivity index (χ1v) is 4.02. The molecule has 0 aromatic heterocycles. The fraction of sp³-hybridized carbons (Fsp3) is 0.273. The van der Waals surface area contributed by atoms with Gasteiger partial charge in [-0.25, -0.2) is 5.57 Å². The second-order valence-corrected chi connectivity index (χ2v) is 2.95. The maximum Gasteiger partial charge on any atom is 0 e. The summed E-state index contributed by atoms with van der Waals surface area (Å²) in [6.07, 6.45) is 14.2. The number of hydrogen-bond donors (Lipinski definition) is 0. The molecule has 0 spiro atoms. The molecule has 0 radical (unpaired) electrons. The molecule has 0 saturated carbocycles. The number of hydrogen-bond acceptors (Lipinski definition) is 0. The van der Waals surface area contributed by atoms with Crippen molar-refractivity contribution in [2.24, 2.45) is 0 Å². The van der Waals surface area contributed by atoms with Crippen molar-refractivity contribution in [1.29, 1.82) is 0 Å². The molecule has 76 valence electrons. The fourth-order valence-corrected chi connectivity index (χ4v) is 1.57. The van der Waals surface area contributed by atoms with Crippen LogP contribution >= 0.6 is 24.8 Å². The Labute approximate surface area is 117 Å². The largest absolute Gasteiger partial charge is 0.269 e. The molecule has 0 atom stereocenters. The van der Waals surface area contributed by atoms with Crippen LogP contribution in [0, 0.1) is 6.08 Å². The SMILES string of the molecule is CC1=[C-]CC=C1C1=CC=CC1.Cl.Cl.[Zr]. The van der Waals surface area contributed by atoms with Crippen molar-refractivity contribution < 1.29 is 26.2 Å². The third-order valence-corrected chi connectivity index (χ3v) is 2.19. The summed E-state index contributed by atoms with van der Waals surface area (Å²) >= 11 is 0. The van der Waals surface area contributed by atoms with Gasteiger partial charge in [0.15, 0.2) is 0 Å². The van der Waals surface area contributed by atoms with Crippen molar-refractivity contribution in [3.8, 4) is 0 Å². The van der Waals surface area contributed by atoms with Gasteiger partial charge >= 0.3 is 0 Å². The van der Waals surface area contributed by atoms with E-state index in [2.05, 4.69) is 37.3 Å². The Morgan fingerprint density at radius 1 is 1.29 bits per heavy atom. The summed E-state index contributed by atoms with van der Waals surface area (Å²) in [7, 11) is 0. The molecule has 0 bridgehead atoms. The van der Waals surface area contributed by atoms with Gasteiger partial charge in [-0.2, -0.15) is 11.6 Å². The summed E-state index contributed by atoms with van der Waals surface area (Å²) in [5.74, 6) is 0. The molecule has 0 heterocycles. The number of allylic oxidation sites excluding steroid dienone is 8. The van der Waals surface area contributed by atoms with E-state index in [-0.39, 0.29) is 51.0 Å². The molecular weight excluding hydrogens is 294 g/mol. The van der Waals surface area contributed by atoms with Crippen molar-refractivity contribution in [2.45, 2.75) is 19.8 Å². The summed E-state index contributed by atoms with van der Waals surface area (Å²) in [5, 5.41) is 0. The van der Waals surface area contributed by atoms with E-state index in [1.54, 1.807) is 0 Å². The van der Waals surface area contributed by atoms with E-state index in [0.29, 0.717) is 0 Å². The minimum absolute atomic E-state index is 0. The molecule has 2 aliphatic rings. The fourth-order valence-electron chi connectivity index (χ4n) is 1.57. The van der Waals surface area contributed by atoms with E-state index in [1.807, 2.05) is 0 Å². The molecule has 2 aliphatic carbocycles. The van der Waals surface area contributed by atoms with E-state index in [1.165, 1.54) is 16.7 Å². The topological polar surface area (TPSA) is 0 Å². The molecule has 0 aromatic rings. The van der Waals surface area contributed by atoms with Crippen molar-refractivity contribution >= 4 is 24.8 Å². The van der Waals surface area contributed by atoms with Crippen LogP contribution in [0.5, 0.6) is 0 Å². The van der Waals surface area contributed by atoms with Crippen LogP contribution in [0.3, 0.4) is 0 Å². The first-order valence-electron chi connectivity index (χ1n) is 4.02. The zero-order valence-corrected chi connectivity index (χ0v) is 12.1. The molecule has 2 rings (SSSR count). The van der Waals surface area contributed by atoms with Gasteiger partial charge in [0.2, 0.25) is 0 Å². The summed E-state index contributed by atoms with van der Waals surface area (Å²) in [4.78, 5) is 0. The van der Waals surface area contributed by atoms with Crippen LogP contribution in [-0.4, -0.2) is 0 Å². The van der Waals surface area contributed by atoms with Gasteiger partial charge in [0.25, 0.3) is 0 Å². The zero-order valence-electron chi connectivity index (χ0n) is 8.04. The van der Waals surface area contributed by atoms with Crippen LogP contribution in [0.1, 0.15) is 19.8 Å². The Bertz CT molecular complexity index is 298. The molecular formula is C11H13Cl2Zr-. The van der Waals surface area contributed by atoms with Crippen LogP contribution in [0.15, 0.2) is 41.0 Å². The van der Waals surface area contributed by atoms with Gasteiger partial charge in [-0.05, 0) is 6.42 Å². The normalized spacial score (nSPS) is 17.1. The summed E-state index contributed by atoms with van der Waals surface area (Å²) in [5.41, 5.74) is 4.18.